The Hall–Kier alpha value is -2.47. The summed E-state index contributed by atoms with van der Waals surface area (Å²) >= 11 is 0. The molecular formula is C18H20N4O2. The molecule has 0 fully saturated rings. The average Bonchev–Trinajstić information content (AvgIpc) is 2.64. The highest BCUT2D eigenvalue weighted by molar-refractivity contribution is 5.54. The molecule has 4 rings (SSSR count). The van der Waals surface area contributed by atoms with Gasteiger partial charge in [0.1, 0.15) is 11.9 Å². The van der Waals surface area contributed by atoms with Gasteiger partial charge < -0.3 is 9.72 Å². The molecule has 0 saturated carbocycles. The summed E-state index contributed by atoms with van der Waals surface area (Å²) in [5.74, 6) is 0.621. The van der Waals surface area contributed by atoms with Gasteiger partial charge in [0.05, 0.1) is 17.5 Å². The number of aromatic nitrogens is 3. The number of aromatic amines is 1. The largest absolute Gasteiger partial charge is 0.497 e. The third-order valence-electron chi connectivity index (χ3n) is 4.59. The van der Waals surface area contributed by atoms with Crippen molar-refractivity contribution in [2.75, 3.05) is 13.1 Å². The van der Waals surface area contributed by atoms with Crippen LogP contribution in [-0.4, -0.2) is 39.0 Å². The first-order chi connectivity index (χ1) is 11.8. The van der Waals surface area contributed by atoms with E-state index in [1.807, 2.05) is 12.1 Å². The number of hydrogen-bond donors (Lipinski definition) is 1. The van der Waals surface area contributed by atoms with Crippen LogP contribution in [0.3, 0.4) is 0 Å². The second-order valence-corrected chi connectivity index (χ2v) is 6.27. The summed E-state index contributed by atoms with van der Waals surface area (Å²) in [5, 5.41) is 0. The van der Waals surface area contributed by atoms with Gasteiger partial charge in [-0.2, -0.15) is 0 Å². The van der Waals surface area contributed by atoms with E-state index in [1.54, 1.807) is 18.7 Å². The molecule has 2 aliphatic rings. The molecule has 6 nitrogen and oxygen atoms in total. The van der Waals surface area contributed by atoms with Crippen LogP contribution in [0.2, 0.25) is 0 Å². The van der Waals surface area contributed by atoms with Crippen LogP contribution in [-0.2, 0) is 17.7 Å². The maximum Gasteiger partial charge on any atom is 0.255 e. The Balaban J connectivity index is 1.54. The van der Waals surface area contributed by atoms with E-state index in [0.717, 1.165) is 49.2 Å². The van der Waals surface area contributed by atoms with Gasteiger partial charge in [0, 0.05) is 44.0 Å². The molecule has 0 radical (unpaired) electrons. The molecule has 0 aromatic carbocycles. The summed E-state index contributed by atoms with van der Waals surface area (Å²) in [6, 6.07) is 3.71. The van der Waals surface area contributed by atoms with Crippen molar-refractivity contribution in [3.63, 3.8) is 0 Å². The molecule has 0 unspecified atom stereocenters. The summed E-state index contributed by atoms with van der Waals surface area (Å²) in [7, 11) is 0. The van der Waals surface area contributed by atoms with Gasteiger partial charge in [-0.1, -0.05) is 0 Å². The Morgan fingerprint density at radius 3 is 3.00 bits per heavy atom. The zero-order valence-electron chi connectivity index (χ0n) is 13.4. The molecule has 0 spiro atoms. The second kappa shape index (κ2) is 6.57. The van der Waals surface area contributed by atoms with E-state index in [2.05, 4.69) is 25.9 Å². The van der Waals surface area contributed by atoms with Crippen molar-refractivity contribution in [2.24, 2.45) is 0 Å². The third kappa shape index (κ3) is 3.10. The Morgan fingerprint density at radius 1 is 1.33 bits per heavy atom. The fourth-order valence-corrected chi connectivity index (χ4v) is 3.29. The molecule has 0 aliphatic carbocycles. The number of H-pyrrole nitrogens is 1. The molecule has 124 valence electrons. The van der Waals surface area contributed by atoms with E-state index in [-0.39, 0.29) is 11.7 Å². The number of nitrogens with zero attached hydrogens (tertiary/aromatic N) is 3. The lowest BCUT2D eigenvalue weighted by Gasteiger charge is -2.31. The summed E-state index contributed by atoms with van der Waals surface area (Å²) in [6.07, 6.45) is 10.4. The van der Waals surface area contributed by atoms with E-state index in [0.29, 0.717) is 12.4 Å². The maximum absolute atomic E-state index is 12.5. The van der Waals surface area contributed by atoms with E-state index < -0.39 is 0 Å². The number of ether oxygens (including phenoxy) is 1. The smallest absolute Gasteiger partial charge is 0.255 e. The van der Waals surface area contributed by atoms with Crippen molar-refractivity contribution >= 4 is 0 Å². The van der Waals surface area contributed by atoms with Gasteiger partial charge in [-0.05, 0) is 31.1 Å². The third-order valence-corrected chi connectivity index (χ3v) is 4.59. The molecule has 4 heterocycles. The van der Waals surface area contributed by atoms with E-state index >= 15 is 0 Å². The predicted octanol–water partition coefficient (Wildman–Crippen LogP) is 1.88. The van der Waals surface area contributed by atoms with Gasteiger partial charge in [0.15, 0.2) is 0 Å². The topological polar surface area (TPSA) is 71.1 Å². The van der Waals surface area contributed by atoms with E-state index in [1.165, 1.54) is 0 Å². The molecule has 0 bridgehead atoms. The molecule has 1 N–H and O–H groups in total. The molecule has 6 heteroatoms. The molecular weight excluding hydrogens is 304 g/mol. The zero-order valence-corrected chi connectivity index (χ0v) is 13.4. The Kier molecular flexibility index (Phi) is 4.13. The maximum atomic E-state index is 12.5. The van der Waals surface area contributed by atoms with Crippen molar-refractivity contribution in [3.05, 3.63) is 58.5 Å². The van der Waals surface area contributed by atoms with Gasteiger partial charge in [0.2, 0.25) is 0 Å². The van der Waals surface area contributed by atoms with Crippen LogP contribution in [0.4, 0.5) is 0 Å². The lowest BCUT2D eigenvalue weighted by atomic mass is 10.0. The summed E-state index contributed by atoms with van der Waals surface area (Å²) in [5.41, 5.74) is 2.53. The molecule has 2 aromatic rings. The monoisotopic (exact) mass is 324 g/mol. The first-order valence-corrected chi connectivity index (χ1v) is 8.35. The number of fused-ring (bicyclic) bond motifs is 1. The fraction of sp³-hybridized carbons (Fsp3) is 0.389. The number of allylic oxidation sites excluding steroid dienone is 1. The standard InChI is InChI=1S/C18H20N4O2/c23-18-15-12-22(11-14-3-1-2-10-24-14)9-6-16(15)20-17(21-18)13-4-7-19-8-5-13/h2,4-5,7-8,10,14H,1,3,6,9,11-12H2,(H,20,21,23)/t14-/m0/s1. The number of hydrogen-bond acceptors (Lipinski definition) is 5. The second-order valence-electron chi connectivity index (χ2n) is 6.27. The predicted molar refractivity (Wildman–Crippen MR) is 90.3 cm³/mol. The highest BCUT2D eigenvalue weighted by atomic mass is 16.5. The lowest BCUT2D eigenvalue weighted by Crippen LogP contribution is -2.40. The van der Waals surface area contributed by atoms with Gasteiger partial charge in [-0.15, -0.1) is 0 Å². The summed E-state index contributed by atoms with van der Waals surface area (Å²) in [6.45, 7) is 2.40. The minimum absolute atomic E-state index is 0.0408. The number of pyridine rings is 1. The van der Waals surface area contributed by atoms with Crippen LogP contribution < -0.4 is 5.56 Å². The first-order valence-electron chi connectivity index (χ1n) is 8.35. The quantitative estimate of drug-likeness (QED) is 0.933. The van der Waals surface area contributed by atoms with Gasteiger partial charge in [-0.25, -0.2) is 4.98 Å². The van der Waals surface area contributed by atoms with Crippen molar-refractivity contribution in [2.45, 2.75) is 31.9 Å². The van der Waals surface area contributed by atoms with Crippen molar-refractivity contribution in [1.29, 1.82) is 0 Å². The van der Waals surface area contributed by atoms with Crippen molar-refractivity contribution in [1.82, 2.24) is 19.9 Å². The van der Waals surface area contributed by atoms with Crippen LogP contribution in [0.1, 0.15) is 24.1 Å². The summed E-state index contributed by atoms with van der Waals surface area (Å²) in [4.78, 5) is 26.4. The van der Waals surface area contributed by atoms with Gasteiger partial charge in [-0.3, -0.25) is 14.7 Å². The highest BCUT2D eigenvalue weighted by Crippen LogP contribution is 2.20. The van der Waals surface area contributed by atoms with Crippen LogP contribution in [0.25, 0.3) is 11.4 Å². The van der Waals surface area contributed by atoms with Crippen LogP contribution in [0, 0.1) is 0 Å². The molecule has 0 saturated heterocycles. The fourth-order valence-electron chi connectivity index (χ4n) is 3.29. The SMILES string of the molecule is O=c1[nH]c(-c2ccncc2)nc2c1CN(C[C@@H]1CCC=CO1)CC2. The Labute approximate surface area is 140 Å². The van der Waals surface area contributed by atoms with Crippen molar-refractivity contribution < 1.29 is 4.74 Å². The van der Waals surface area contributed by atoms with Crippen molar-refractivity contribution in [3.8, 4) is 11.4 Å². The molecule has 2 aliphatic heterocycles. The Morgan fingerprint density at radius 2 is 2.21 bits per heavy atom. The molecule has 24 heavy (non-hydrogen) atoms. The summed E-state index contributed by atoms with van der Waals surface area (Å²) < 4.78 is 5.65. The zero-order chi connectivity index (χ0) is 16.4. The normalized spacial score (nSPS) is 20.4. The van der Waals surface area contributed by atoms with Crippen LogP contribution in [0.15, 0.2) is 41.7 Å². The average molecular weight is 324 g/mol. The van der Waals surface area contributed by atoms with E-state index in [4.69, 9.17) is 4.74 Å². The van der Waals surface area contributed by atoms with E-state index in [9.17, 15) is 4.79 Å². The first kappa shape index (κ1) is 15.1. The highest BCUT2D eigenvalue weighted by Gasteiger charge is 2.24. The van der Waals surface area contributed by atoms with Gasteiger partial charge >= 0.3 is 0 Å². The lowest BCUT2D eigenvalue weighted by molar-refractivity contribution is 0.0733. The molecule has 0 amide bonds. The van der Waals surface area contributed by atoms with Gasteiger partial charge in [0.25, 0.3) is 5.56 Å². The minimum atomic E-state index is -0.0408. The molecule has 2 aromatic heterocycles. The molecule has 1 atom stereocenters. The number of rotatable bonds is 3. The Bertz CT molecular complexity index is 800. The number of nitrogens with one attached hydrogen (secondary N) is 1. The van der Waals surface area contributed by atoms with Crippen LogP contribution in [0.5, 0.6) is 0 Å². The minimum Gasteiger partial charge on any atom is -0.497 e. The van der Waals surface area contributed by atoms with Crippen LogP contribution >= 0.6 is 0 Å².